The molecule has 0 amide bonds. The first-order chi connectivity index (χ1) is 5.18. The molecule has 1 nitrogen and oxygen atoms in total. The van der Waals surface area contributed by atoms with Gasteiger partial charge in [-0.25, -0.2) is 0 Å². The highest BCUT2D eigenvalue weighted by Crippen LogP contribution is 2.26. The maximum atomic E-state index is 8.00. The fourth-order valence-corrected chi connectivity index (χ4v) is 1.89. The van der Waals surface area contributed by atoms with Gasteiger partial charge in [0.25, 0.3) is 0 Å². The minimum absolute atomic E-state index is 0.828. The van der Waals surface area contributed by atoms with Crippen molar-refractivity contribution in [1.82, 2.24) is 0 Å². The Hall–Kier alpha value is -0.590. The molecule has 0 N–H and O–H groups in total. The Bertz CT molecular complexity index is 138. The monoisotopic (exact) mass is 154 g/mol. The Morgan fingerprint density at radius 1 is 1.45 bits per heavy atom. The van der Waals surface area contributed by atoms with E-state index in [4.69, 9.17) is 4.79 Å². The number of allylic oxidation sites excluding steroid dienone is 2. The molecule has 1 aliphatic rings. The van der Waals surface area contributed by atoms with Crippen molar-refractivity contribution in [3.63, 3.8) is 0 Å². The van der Waals surface area contributed by atoms with E-state index in [2.05, 4.69) is 26.8 Å². The average Bonchev–Trinajstić information content (AvgIpc) is 1.88. The topological polar surface area (TPSA) is 17.1 Å². The second-order valence-electron chi connectivity index (χ2n) is 3.54. The molecule has 1 heteroatoms. The second-order valence-corrected chi connectivity index (χ2v) is 3.54. The quantitative estimate of drug-likeness (QED) is 0.490. The molecule has 0 aromatic rings. The maximum Gasteiger partial charge on any atom is 0.106 e. The molecule has 0 bridgehead atoms. The van der Waals surface area contributed by atoms with E-state index in [-0.39, 0.29) is 0 Å². The van der Waals surface area contributed by atoms with Crippen LogP contribution in [0.5, 0.6) is 0 Å². The Morgan fingerprint density at radius 3 is 2.36 bits per heavy atom. The van der Waals surface area contributed by atoms with Gasteiger partial charge in [0.2, 0.25) is 0 Å². The average molecular weight is 154 g/mol. The van der Waals surface area contributed by atoms with Crippen molar-refractivity contribution in [3.05, 3.63) is 11.6 Å². The molecule has 0 aromatic heterocycles. The predicted octanol–water partition coefficient (Wildman–Crippen LogP) is 2.81. The zero-order chi connectivity index (χ0) is 8.85. The van der Waals surface area contributed by atoms with Crippen molar-refractivity contribution in [2.45, 2.75) is 33.6 Å². The van der Waals surface area contributed by atoms with Gasteiger partial charge in [-0.1, -0.05) is 25.5 Å². The summed E-state index contributed by atoms with van der Waals surface area (Å²) < 4.78 is 0. The van der Waals surface area contributed by atoms with Crippen LogP contribution in [0.3, 0.4) is 0 Å². The third kappa shape index (κ3) is 3.97. The molecule has 0 aliphatic heterocycles. The van der Waals surface area contributed by atoms with Crippen LogP contribution in [0.4, 0.5) is 0 Å². The molecule has 0 fully saturated rings. The van der Waals surface area contributed by atoms with Crippen LogP contribution in [0.15, 0.2) is 11.6 Å². The largest absolute Gasteiger partial charge is 0.307 e. The highest BCUT2D eigenvalue weighted by atomic mass is 16.1. The number of hydrogen-bond donors (Lipinski definition) is 0. The van der Waals surface area contributed by atoms with Crippen LogP contribution in [-0.4, -0.2) is 6.79 Å². The molecule has 1 rings (SSSR count). The molecule has 1 aliphatic carbocycles. The number of carbonyl (C=O) groups is 1. The van der Waals surface area contributed by atoms with Gasteiger partial charge >= 0.3 is 0 Å². The van der Waals surface area contributed by atoms with E-state index in [1.54, 1.807) is 5.57 Å². The first-order valence-corrected chi connectivity index (χ1v) is 4.14. The summed E-state index contributed by atoms with van der Waals surface area (Å²) in [6, 6.07) is 0. The number of hydrogen-bond acceptors (Lipinski definition) is 1. The first kappa shape index (κ1) is 10.4. The smallest absolute Gasteiger partial charge is 0.106 e. The van der Waals surface area contributed by atoms with Gasteiger partial charge in [0.05, 0.1) is 0 Å². The van der Waals surface area contributed by atoms with Crippen LogP contribution in [0.2, 0.25) is 0 Å². The van der Waals surface area contributed by atoms with Crippen LogP contribution in [0.25, 0.3) is 0 Å². The Labute approximate surface area is 69.5 Å². The molecule has 0 saturated carbocycles. The van der Waals surface area contributed by atoms with Crippen LogP contribution >= 0.6 is 0 Å². The van der Waals surface area contributed by atoms with E-state index < -0.39 is 0 Å². The molecule has 0 saturated heterocycles. The molecule has 2 atom stereocenters. The van der Waals surface area contributed by atoms with Gasteiger partial charge in [-0.2, -0.15) is 0 Å². The van der Waals surface area contributed by atoms with Crippen molar-refractivity contribution >= 4 is 6.79 Å². The predicted molar refractivity (Wildman–Crippen MR) is 48.4 cm³/mol. The molecule has 64 valence electrons. The van der Waals surface area contributed by atoms with Crippen LogP contribution < -0.4 is 0 Å². The van der Waals surface area contributed by atoms with Gasteiger partial charge in [-0.3, -0.25) is 0 Å². The molecule has 11 heavy (non-hydrogen) atoms. The number of rotatable bonds is 0. The van der Waals surface area contributed by atoms with E-state index in [1.165, 1.54) is 12.8 Å². The van der Waals surface area contributed by atoms with Crippen molar-refractivity contribution in [3.8, 4) is 0 Å². The third-order valence-electron chi connectivity index (χ3n) is 2.01. The standard InChI is InChI=1S/C9H16.CH2O/c1-7-4-8(2)6-9(3)5-7;1-2/h4,7,9H,5-6H2,1-3H3;1H2. The summed E-state index contributed by atoms with van der Waals surface area (Å²) in [6.45, 7) is 8.89. The van der Waals surface area contributed by atoms with Crippen molar-refractivity contribution < 1.29 is 4.79 Å². The van der Waals surface area contributed by atoms with Crippen LogP contribution in [0, 0.1) is 11.8 Å². The Kier molecular flexibility index (Phi) is 4.84. The molecule has 0 heterocycles. The van der Waals surface area contributed by atoms with Gasteiger partial charge in [-0.15, -0.1) is 0 Å². The zero-order valence-electron chi connectivity index (χ0n) is 7.76. The summed E-state index contributed by atoms with van der Waals surface area (Å²) in [5.41, 5.74) is 1.58. The molecular formula is C10H18O. The summed E-state index contributed by atoms with van der Waals surface area (Å²) >= 11 is 0. The van der Waals surface area contributed by atoms with E-state index in [1.807, 2.05) is 6.79 Å². The van der Waals surface area contributed by atoms with Crippen LogP contribution in [-0.2, 0) is 4.79 Å². The molecule has 0 radical (unpaired) electrons. The zero-order valence-corrected chi connectivity index (χ0v) is 7.76. The Balaban J connectivity index is 0.000000461. The minimum Gasteiger partial charge on any atom is -0.307 e. The van der Waals surface area contributed by atoms with E-state index in [9.17, 15) is 0 Å². The van der Waals surface area contributed by atoms with Gasteiger partial charge in [0, 0.05) is 0 Å². The summed E-state index contributed by atoms with van der Waals surface area (Å²) in [4.78, 5) is 8.00. The lowest BCUT2D eigenvalue weighted by Crippen LogP contribution is -2.07. The number of carbonyl (C=O) groups excluding carboxylic acids is 1. The summed E-state index contributed by atoms with van der Waals surface area (Å²) in [6.07, 6.45) is 5.11. The normalized spacial score (nSPS) is 29.9. The fraction of sp³-hybridized carbons (Fsp3) is 0.700. The lowest BCUT2D eigenvalue weighted by Gasteiger charge is -2.21. The summed E-state index contributed by atoms with van der Waals surface area (Å²) in [5, 5.41) is 0. The Morgan fingerprint density at radius 2 is 2.00 bits per heavy atom. The highest BCUT2D eigenvalue weighted by Gasteiger charge is 2.12. The second kappa shape index (κ2) is 5.11. The third-order valence-corrected chi connectivity index (χ3v) is 2.01. The SMILES string of the molecule is C=O.CC1=CC(C)CC(C)C1. The summed E-state index contributed by atoms with van der Waals surface area (Å²) in [7, 11) is 0. The lowest BCUT2D eigenvalue weighted by atomic mass is 9.85. The van der Waals surface area contributed by atoms with E-state index >= 15 is 0 Å². The van der Waals surface area contributed by atoms with Crippen LogP contribution in [0.1, 0.15) is 33.6 Å². The van der Waals surface area contributed by atoms with Crippen molar-refractivity contribution in [1.29, 1.82) is 0 Å². The lowest BCUT2D eigenvalue weighted by molar-refractivity contribution is -0.0979. The fourth-order valence-electron chi connectivity index (χ4n) is 1.89. The molecule has 0 spiro atoms. The van der Waals surface area contributed by atoms with Gasteiger partial charge in [0.15, 0.2) is 0 Å². The van der Waals surface area contributed by atoms with Gasteiger partial charge in [0.1, 0.15) is 6.79 Å². The van der Waals surface area contributed by atoms with E-state index in [0.29, 0.717) is 0 Å². The maximum absolute atomic E-state index is 8.00. The van der Waals surface area contributed by atoms with Gasteiger partial charge < -0.3 is 4.79 Å². The molecule has 2 unspecified atom stereocenters. The molecular weight excluding hydrogens is 136 g/mol. The van der Waals surface area contributed by atoms with Crippen molar-refractivity contribution in [2.75, 3.05) is 0 Å². The van der Waals surface area contributed by atoms with Crippen molar-refractivity contribution in [2.24, 2.45) is 11.8 Å². The minimum atomic E-state index is 0.828. The van der Waals surface area contributed by atoms with Gasteiger partial charge in [-0.05, 0) is 31.6 Å². The first-order valence-electron chi connectivity index (χ1n) is 4.14. The molecule has 0 aromatic carbocycles. The highest BCUT2D eigenvalue weighted by molar-refractivity contribution is 5.11. The summed E-state index contributed by atoms with van der Waals surface area (Å²) in [5.74, 6) is 1.75. The van der Waals surface area contributed by atoms with E-state index in [0.717, 1.165) is 11.8 Å².